The molecule has 0 saturated heterocycles. The van der Waals surface area contributed by atoms with Crippen LogP contribution in [0.15, 0.2) is 0 Å². The molecule has 0 amide bonds. The fourth-order valence-corrected chi connectivity index (χ4v) is 2.20. The Balaban J connectivity index is 2.16. The molecule has 0 heterocycles. The summed E-state index contributed by atoms with van der Waals surface area (Å²) in [5.74, 6) is 0.802. The van der Waals surface area contributed by atoms with Crippen molar-refractivity contribution < 1.29 is 0 Å². The van der Waals surface area contributed by atoms with Crippen molar-refractivity contribution in [3.8, 4) is 0 Å². The van der Waals surface area contributed by atoms with E-state index in [-0.39, 0.29) is 0 Å². The summed E-state index contributed by atoms with van der Waals surface area (Å²) in [4.78, 5) is 4.91. The van der Waals surface area contributed by atoms with Crippen LogP contribution in [-0.2, 0) is 0 Å². The first kappa shape index (κ1) is 13.3. The van der Waals surface area contributed by atoms with Gasteiger partial charge in [0.2, 0.25) is 0 Å². The summed E-state index contributed by atoms with van der Waals surface area (Å²) in [5, 5.41) is 0. The van der Waals surface area contributed by atoms with Gasteiger partial charge in [0.25, 0.3) is 0 Å². The van der Waals surface area contributed by atoms with Gasteiger partial charge in [-0.3, -0.25) is 0 Å². The van der Waals surface area contributed by atoms with Crippen LogP contribution in [0, 0.1) is 0 Å². The smallest absolute Gasteiger partial charge is 0.0235 e. The lowest BCUT2D eigenvalue weighted by molar-refractivity contribution is 0.123. The summed E-state index contributed by atoms with van der Waals surface area (Å²) in [7, 11) is 4.29. The maximum absolute atomic E-state index is 5.76. The van der Waals surface area contributed by atoms with Crippen LogP contribution in [0.1, 0.15) is 32.1 Å². The van der Waals surface area contributed by atoms with Crippen molar-refractivity contribution >= 4 is 11.6 Å². The lowest BCUT2D eigenvalue weighted by Gasteiger charge is -2.37. The minimum absolute atomic E-state index is 0.802. The lowest BCUT2D eigenvalue weighted by Crippen LogP contribution is -2.42. The molecule has 0 aromatic carbocycles. The molecular weight excluding hydrogens is 208 g/mol. The maximum atomic E-state index is 5.76. The number of alkyl halides is 1. The van der Waals surface area contributed by atoms with E-state index in [2.05, 4.69) is 23.9 Å². The Hall–Kier alpha value is 0.210. The molecule has 0 spiro atoms. The summed E-state index contributed by atoms with van der Waals surface area (Å²) in [5.41, 5.74) is 0. The van der Waals surface area contributed by atoms with Gasteiger partial charge in [-0.2, -0.15) is 0 Å². The molecule has 0 aliphatic heterocycles. The molecule has 1 aliphatic carbocycles. The van der Waals surface area contributed by atoms with Crippen LogP contribution >= 0.6 is 11.6 Å². The van der Waals surface area contributed by atoms with Crippen LogP contribution in [0.5, 0.6) is 0 Å². The first-order valence-electron chi connectivity index (χ1n) is 6.19. The van der Waals surface area contributed by atoms with Crippen LogP contribution in [0.4, 0.5) is 0 Å². The molecule has 0 unspecified atom stereocenters. The van der Waals surface area contributed by atoms with E-state index in [0.717, 1.165) is 18.3 Å². The third-order valence-corrected chi connectivity index (χ3v) is 3.49. The first-order chi connectivity index (χ1) is 7.24. The highest BCUT2D eigenvalue weighted by molar-refractivity contribution is 6.17. The highest BCUT2D eigenvalue weighted by Gasteiger charge is 2.23. The maximum Gasteiger partial charge on any atom is 0.0235 e. The van der Waals surface area contributed by atoms with Gasteiger partial charge >= 0.3 is 0 Å². The second-order valence-electron chi connectivity index (χ2n) is 4.82. The molecule has 1 aliphatic rings. The molecule has 0 aromatic rings. The van der Waals surface area contributed by atoms with E-state index >= 15 is 0 Å². The number of nitrogens with zero attached hydrogens (tertiary/aromatic N) is 2. The van der Waals surface area contributed by atoms with Gasteiger partial charge < -0.3 is 9.80 Å². The molecule has 2 nitrogen and oxygen atoms in total. The Morgan fingerprint density at radius 3 is 2.20 bits per heavy atom. The predicted octanol–water partition coefficient (Wildman–Crippen LogP) is 2.42. The molecule has 0 aromatic heterocycles. The van der Waals surface area contributed by atoms with Crippen LogP contribution in [0.25, 0.3) is 0 Å². The Kier molecular flexibility index (Phi) is 6.62. The van der Waals surface area contributed by atoms with Crippen molar-refractivity contribution in [3.05, 3.63) is 0 Å². The fraction of sp³-hybridized carbons (Fsp3) is 1.00. The SMILES string of the molecule is CN(C)CCCN(CCCCl)C1CCC1. The Bertz CT molecular complexity index is 158. The van der Waals surface area contributed by atoms with Crippen molar-refractivity contribution in [3.63, 3.8) is 0 Å². The average Bonchev–Trinajstić information content (AvgIpc) is 2.10. The van der Waals surface area contributed by atoms with E-state index in [0.29, 0.717) is 0 Å². The van der Waals surface area contributed by atoms with Crippen LogP contribution in [0.3, 0.4) is 0 Å². The van der Waals surface area contributed by atoms with Gasteiger partial charge in [0.15, 0.2) is 0 Å². The van der Waals surface area contributed by atoms with E-state index in [1.807, 2.05) is 0 Å². The molecule has 1 fully saturated rings. The number of hydrogen-bond acceptors (Lipinski definition) is 2. The predicted molar refractivity (Wildman–Crippen MR) is 67.7 cm³/mol. The zero-order valence-electron chi connectivity index (χ0n) is 10.2. The summed E-state index contributed by atoms with van der Waals surface area (Å²) < 4.78 is 0. The van der Waals surface area contributed by atoms with Crippen LogP contribution < -0.4 is 0 Å². The van der Waals surface area contributed by atoms with Crippen molar-refractivity contribution in [1.82, 2.24) is 9.80 Å². The second-order valence-corrected chi connectivity index (χ2v) is 5.20. The molecule has 0 atom stereocenters. The Labute approximate surface area is 99.6 Å². The minimum Gasteiger partial charge on any atom is -0.309 e. The molecule has 0 N–H and O–H groups in total. The van der Waals surface area contributed by atoms with Crippen LogP contribution in [-0.4, -0.2) is 55.5 Å². The van der Waals surface area contributed by atoms with E-state index in [4.69, 9.17) is 11.6 Å². The fourth-order valence-electron chi connectivity index (χ4n) is 2.08. The number of halogens is 1. The minimum atomic E-state index is 0.802. The molecule has 1 saturated carbocycles. The van der Waals surface area contributed by atoms with Crippen molar-refractivity contribution in [1.29, 1.82) is 0 Å². The molecule has 15 heavy (non-hydrogen) atoms. The molecule has 1 rings (SSSR count). The standard InChI is InChI=1S/C12H25ClN2/c1-14(2)9-5-11-15(10-4-8-13)12-6-3-7-12/h12H,3-11H2,1-2H3. The molecule has 0 bridgehead atoms. The zero-order valence-corrected chi connectivity index (χ0v) is 11.0. The molecular formula is C12H25ClN2. The normalized spacial score (nSPS) is 17.4. The molecule has 90 valence electrons. The quantitative estimate of drug-likeness (QED) is 0.594. The van der Waals surface area contributed by atoms with E-state index in [1.54, 1.807) is 0 Å². The molecule has 3 heteroatoms. The topological polar surface area (TPSA) is 6.48 Å². The lowest BCUT2D eigenvalue weighted by atomic mass is 9.91. The van der Waals surface area contributed by atoms with Gasteiger partial charge in [-0.1, -0.05) is 6.42 Å². The van der Waals surface area contributed by atoms with Crippen molar-refractivity contribution in [2.24, 2.45) is 0 Å². The highest BCUT2D eigenvalue weighted by atomic mass is 35.5. The van der Waals surface area contributed by atoms with Gasteiger partial charge in [0.1, 0.15) is 0 Å². The zero-order chi connectivity index (χ0) is 11.1. The number of rotatable bonds is 8. The van der Waals surface area contributed by atoms with Gasteiger partial charge in [-0.15, -0.1) is 11.6 Å². The highest BCUT2D eigenvalue weighted by Crippen LogP contribution is 2.25. The van der Waals surface area contributed by atoms with Crippen molar-refractivity contribution in [2.75, 3.05) is 39.6 Å². The van der Waals surface area contributed by atoms with E-state index < -0.39 is 0 Å². The third-order valence-electron chi connectivity index (χ3n) is 3.22. The van der Waals surface area contributed by atoms with Crippen LogP contribution in [0.2, 0.25) is 0 Å². The average molecular weight is 233 g/mol. The van der Waals surface area contributed by atoms with Crippen molar-refractivity contribution in [2.45, 2.75) is 38.1 Å². The van der Waals surface area contributed by atoms with Gasteiger partial charge in [0, 0.05) is 11.9 Å². The Morgan fingerprint density at radius 1 is 1.07 bits per heavy atom. The first-order valence-corrected chi connectivity index (χ1v) is 6.72. The van der Waals surface area contributed by atoms with Gasteiger partial charge in [-0.25, -0.2) is 0 Å². The van der Waals surface area contributed by atoms with Gasteiger partial charge in [0.05, 0.1) is 0 Å². The largest absolute Gasteiger partial charge is 0.309 e. The Morgan fingerprint density at radius 2 is 1.73 bits per heavy atom. The third kappa shape index (κ3) is 5.19. The van der Waals surface area contributed by atoms with E-state index in [9.17, 15) is 0 Å². The summed E-state index contributed by atoms with van der Waals surface area (Å²) >= 11 is 5.76. The summed E-state index contributed by atoms with van der Waals surface area (Å²) in [6, 6.07) is 0.871. The summed E-state index contributed by atoms with van der Waals surface area (Å²) in [6.07, 6.45) is 6.66. The number of hydrogen-bond donors (Lipinski definition) is 0. The summed E-state index contributed by atoms with van der Waals surface area (Å²) in [6.45, 7) is 3.64. The second kappa shape index (κ2) is 7.48. The van der Waals surface area contributed by atoms with Gasteiger partial charge in [-0.05, 0) is 59.4 Å². The molecule has 0 radical (unpaired) electrons. The monoisotopic (exact) mass is 232 g/mol. The van der Waals surface area contributed by atoms with E-state index in [1.165, 1.54) is 45.3 Å².